The number of likely N-dealkylation sites (tertiary alicyclic amines) is 1. The van der Waals surface area contributed by atoms with Crippen molar-refractivity contribution in [3.63, 3.8) is 0 Å². The predicted octanol–water partition coefficient (Wildman–Crippen LogP) is -3.03. The van der Waals surface area contributed by atoms with E-state index in [-0.39, 0.29) is 31.2 Å². The van der Waals surface area contributed by atoms with Crippen molar-refractivity contribution in [1.82, 2.24) is 15.5 Å². The molecule has 1 aliphatic rings. The van der Waals surface area contributed by atoms with Gasteiger partial charge in [-0.3, -0.25) is 19.4 Å². The van der Waals surface area contributed by atoms with Gasteiger partial charge in [-0.05, 0) is 25.7 Å². The number of carbonyl (C=O) groups excluding carboxylic acids is 3. The van der Waals surface area contributed by atoms with Crippen molar-refractivity contribution < 1.29 is 24.3 Å². The van der Waals surface area contributed by atoms with E-state index in [1.807, 2.05) is 0 Å². The first kappa shape index (κ1) is 24.5. The number of aliphatic carboxylic acids is 1. The van der Waals surface area contributed by atoms with Gasteiger partial charge in [0.25, 0.3) is 0 Å². The van der Waals surface area contributed by atoms with Gasteiger partial charge in [0, 0.05) is 18.8 Å². The van der Waals surface area contributed by atoms with Gasteiger partial charge in [0.1, 0.15) is 18.1 Å². The molecule has 1 fully saturated rings. The second kappa shape index (κ2) is 12.1. The van der Waals surface area contributed by atoms with Gasteiger partial charge >= 0.3 is 5.97 Å². The van der Waals surface area contributed by atoms with Crippen LogP contribution in [0.1, 0.15) is 25.7 Å². The smallest absolute Gasteiger partial charge is 0.327 e. The van der Waals surface area contributed by atoms with Crippen LogP contribution in [0.25, 0.3) is 0 Å². The fourth-order valence-corrected chi connectivity index (χ4v) is 3.22. The molecule has 0 saturated carbocycles. The first-order chi connectivity index (χ1) is 13.7. The Morgan fingerprint density at radius 1 is 1.21 bits per heavy atom. The van der Waals surface area contributed by atoms with E-state index in [4.69, 9.17) is 22.3 Å². The number of carboxylic acid groups (broad SMARTS) is 1. The zero-order chi connectivity index (χ0) is 22.0. The van der Waals surface area contributed by atoms with Gasteiger partial charge in [-0.15, -0.1) is 0 Å². The normalized spacial score (nSPS) is 17.9. The van der Waals surface area contributed by atoms with Gasteiger partial charge in [0.15, 0.2) is 5.96 Å². The van der Waals surface area contributed by atoms with Crippen molar-refractivity contribution >= 4 is 42.3 Å². The van der Waals surface area contributed by atoms with E-state index in [1.54, 1.807) is 0 Å². The van der Waals surface area contributed by atoms with Gasteiger partial charge in [0.2, 0.25) is 17.7 Å². The zero-order valence-electron chi connectivity index (χ0n) is 16.0. The van der Waals surface area contributed by atoms with Gasteiger partial charge < -0.3 is 37.8 Å². The quantitative estimate of drug-likeness (QED) is 0.0773. The molecule has 1 aliphatic heterocycles. The molecular weight excluding hydrogens is 402 g/mol. The number of rotatable bonds is 11. The summed E-state index contributed by atoms with van der Waals surface area (Å²) >= 11 is 3.91. The number of aliphatic imine (C=N–C) groups is 1. The molecule has 1 saturated heterocycles. The molecule has 0 radical (unpaired) electrons. The van der Waals surface area contributed by atoms with Crippen molar-refractivity contribution in [2.24, 2.45) is 22.2 Å². The van der Waals surface area contributed by atoms with Crippen molar-refractivity contribution in [3.05, 3.63) is 0 Å². The van der Waals surface area contributed by atoms with E-state index >= 15 is 0 Å². The Kier molecular flexibility index (Phi) is 10.2. The highest BCUT2D eigenvalue weighted by molar-refractivity contribution is 7.80. The van der Waals surface area contributed by atoms with E-state index in [9.17, 15) is 19.2 Å². The molecule has 9 N–H and O–H groups in total. The maximum atomic E-state index is 13.0. The predicted molar refractivity (Wildman–Crippen MR) is 109 cm³/mol. The third kappa shape index (κ3) is 7.77. The molecule has 164 valence electrons. The van der Waals surface area contributed by atoms with Crippen LogP contribution in [0.15, 0.2) is 4.99 Å². The minimum absolute atomic E-state index is 0.0766. The van der Waals surface area contributed by atoms with Crippen LogP contribution >= 0.6 is 12.6 Å². The summed E-state index contributed by atoms with van der Waals surface area (Å²) in [6, 6.07) is -2.87. The largest absolute Gasteiger partial charge is 0.480 e. The first-order valence-corrected chi connectivity index (χ1v) is 9.83. The maximum absolute atomic E-state index is 13.0. The Morgan fingerprint density at radius 3 is 2.45 bits per heavy atom. The van der Waals surface area contributed by atoms with Gasteiger partial charge in [0.05, 0.1) is 6.54 Å². The summed E-state index contributed by atoms with van der Waals surface area (Å²) < 4.78 is 0. The molecule has 3 atom stereocenters. The Bertz CT molecular complexity index is 641. The van der Waals surface area contributed by atoms with Crippen LogP contribution in [-0.4, -0.2) is 83.2 Å². The van der Waals surface area contributed by atoms with Crippen LogP contribution in [0, 0.1) is 0 Å². The second-order valence-electron chi connectivity index (χ2n) is 6.54. The minimum Gasteiger partial charge on any atom is -0.480 e. The lowest BCUT2D eigenvalue weighted by atomic mass is 10.1. The van der Waals surface area contributed by atoms with Gasteiger partial charge in [-0.2, -0.15) is 12.6 Å². The molecule has 0 aromatic heterocycles. The Labute approximate surface area is 174 Å². The van der Waals surface area contributed by atoms with Crippen LogP contribution in [-0.2, 0) is 19.2 Å². The maximum Gasteiger partial charge on any atom is 0.327 e. The highest BCUT2D eigenvalue weighted by atomic mass is 32.1. The number of hydrogen-bond donors (Lipinski definition) is 7. The number of amides is 3. The van der Waals surface area contributed by atoms with Crippen LogP contribution in [0.2, 0.25) is 0 Å². The molecule has 13 heteroatoms. The summed E-state index contributed by atoms with van der Waals surface area (Å²) in [5.41, 5.74) is 15.9. The third-order valence-corrected chi connectivity index (χ3v) is 4.76. The molecule has 0 aromatic rings. The van der Waals surface area contributed by atoms with E-state index < -0.39 is 41.8 Å². The number of carboxylic acids is 1. The fourth-order valence-electron chi connectivity index (χ4n) is 2.97. The molecule has 12 nitrogen and oxygen atoms in total. The van der Waals surface area contributed by atoms with Crippen LogP contribution in [0.5, 0.6) is 0 Å². The lowest BCUT2D eigenvalue weighted by molar-refractivity contribution is -0.144. The molecule has 3 amide bonds. The van der Waals surface area contributed by atoms with Crippen molar-refractivity contribution in [2.75, 3.05) is 25.4 Å². The first-order valence-electron chi connectivity index (χ1n) is 9.20. The molecule has 0 aromatic carbocycles. The summed E-state index contributed by atoms with van der Waals surface area (Å²) in [5.74, 6) is -2.88. The minimum atomic E-state index is -1.21. The molecule has 29 heavy (non-hydrogen) atoms. The van der Waals surface area contributed by atoms with E-state index in [1.165, 1.54) is 4.90 Å². The SMILES string of the molecule is NCC(=O)NC(CCCN=C(N)N)C(=O)N1CCCC1C(=O)NC(CS)C(=O)O. The molecule has 0 aliphatic carbocycles. The van der Waals surface area contributed by atoms with Gasteiger partial charge in [-0.25, -0.2) is 4.79 Å². The van der Waals surface area contributed by atoms with Crippen molar-refractivity contribution in [1.29, 1.82) is 0 Å². The lowest BCUT2D eigenvalue weighted by Crippen LogP contribution is -2.56. The Morgan fingerprint density at radius 2 is 1.90 bits per heavy atom. The summed E-state index contributed by atoms with van der Waals surface area (Å²) in [5, 5.41) is 14.0. The topological polar surface area (TPSA) is 206 Å². The fraction of sp³-hybridized carbons (Fsp3) is 0.688. The van der Waals surface area contributed by atoms with Crippen molar-refractivity contribution in [2.45, 2.75) is 43.8 Å². The number of nitrogens with two attached hydrogens (primary N) is 3. The highest BCUT2D eigenvalue weighted by Gasteiger charge is 2.38. The third-order valence-electron chi connectivity index (χ3n) is 4.40. The van der Waals surface area contributed by atoms with E-state index in [0.29, 0.717) is 25.8 Å². The van der Waals surface area contributed by atoms with Gasteiger partial charge in [-0.1, -0.05) is 0 Å². The second-order valence-corrected chi connectivity index (χ2v) is 6.91. The number of hydrogen-bond acceptors (Lipinski definition) is 7. The zero-order valence-corrected chi connectivity index (χ0v) is 16.9. The molecule has 1 heterocycles. The molecule has 3 unspecified atom stereocenters. The number of nitrogens with one attached hydrogen (secondary N) is 2. The summed E-state index contributed by atoms with van der Waals surface area (Å²) in [7, 11) is 0. The van der Waals surface area contributed by atoms with Crippen LogP contribution < -0.4 is 27.8 Å². The molecular formula is C16H29N7O5S. The monoisotopic (exact) mass is 431 g/mol. The molecule has 1 rings (SSSR count). The average molecular weight is 432 g/mol. The van der Waals surface area contributed by atoms with Crippen LogP contribution in [0.4, 0.5) is 0 Å². The molecule has 0 spiro atoms. The number of guanidine groups is 1. The Balaban J connectivity index is 2.85. The lowest BCUT2D eigenvalue weighted by Gasteiger charge is -2.29. The molecule has 0 bridgehead atoms. The van der Waals surface area contributed by atoms with E-state index in [0.717, 1.165) is 0 Å². The van der Waals surface area contributed by atoms with E-state index in [2.05, 4.69) is 28.3 Å². The number of carbonyl (C=O) groups is 4. The summed E-state index contributed by atoms with van der Waals surface area (Å²) in [6.07, 6.45) is 1.64. The number of nitrogens with zero attached hydrogens (tertiary/aromatic N) is 2. The van der Waals surface area contributed by atoms with Crippen molar-refractivity contribution in [3.8, 4) is 0 Å². The highest BCUT2D eigenvalue weighted by Crippen LogP contribution is 2.20. The summed E-state index contributed by atoms with van der Waals surface area (Å²) in [4.78, 5) is 53.6. The average Bonchev–Trinajstić information content (AvgIpc) is 3.16. The standard InChI is InChI=1S/C16H29N7O5S/c17-7-12(24)21-9(3-1-5-20-16(18)19)14(26)23-6-2-4-11(23)13(25)22-10(8-29)15(27)28/h9-11,29H,1-8,17H2,(H,21,24)(H,22,25)(H,27,28)(H4,18,19,20). The van der Waals surface area contributed by atoms with Crippen LogP contribution in [0.3, 0.4) is 0 Å². The number of thiol groups is 1. The Hall–Kier alpha value is -2.54. The summed E-state index contributed by atoms with van der Waals surface area (Å²) in [6.45, 7) is 0.305.